The first kappa shape index (κ1) is 9.51. The van der Waals surface area contributed by atoms with Gasteiger partial charge in [-0.05, 0) is 0 Å². The first-order valence-electron chi connectivity index (χ1n) is 4.04. The number of amides is 1. The fourth-order valence-electron chi connectivity index (χ4n) is 1.02. The molecule has 70 valence electrons. The van der Waals surface area contributed by atoms with Gasteiger partial charge in [-0.25, -0.2) is 0 Å². The lowest BCUT2D eigenvalue weighted by molar-refractivity contribution is -0.136. The summed E-state index contributed by atoms with van der Waals surface area (Å²) in [6.45, 7) is 0.187. The van der Waals surface area contributed by atoms with E-state index in [0.717, 1.165) is 0 Å². The van der Waals surface area contributed by atoms with Crippen molar-refractivity contribution in [2.75, 3.05) is 6.54 Å². The van der Waals surface area contributed by atoms with Crippen LogP contribution in [-0.2, 0) is 9.59 Å². The van der Waals surface area contributed by atoms with E-state index in [1.807, 2.05) is 0 Å². The van der Waals surface area contributed by atoms with Crippen LogP contribution in [0.5, 0.6) is 0 Å². The van der Waals surface area contributed by atoms with E-state index in [-0.39, 0.29) is 24.8 Å². The molecule has 0 saturated carbocycles. The Hall–Kier alpha value is -1.58. The fraction of sp³-hybridized carbons (Fsp3) is 0.333. The van der Waals surface area contributed by atoms with Gasteiger partial charge in [0.1, 0.15) is 0 Å². The molecule has 0 spiro atoms. The number of carboxylic acids is 1. The van der Waals surface area contributed by atoms with Gasteiger partial charge in [0, 0.05) is 6.54 Å². The predicted octanol–water partition coefficient (Wildman–Crippen LogP) is 0.320. The highest BCUT2D eigenvalue weighted by Crippen LogP contribution is 2.07. The summed E-state index contributed by atoms with van der Waals surface area (Å²) in [5.41, 5.74) is 0. The van der Waals surface area contributed by atoms with Gasteiger partial charge in [-0.3, -0.25) is 9.59 Å². The molecule has 1 aliphatic rings. The lowest BCUT2D eigenvalue weighted by atomic mass is 10.1. The van der Waals surface area contributed by atoms with E-state index in [9.17, 15) is 9.59 Å². The number of nitrogens with one attached hydrogen (secondary N) is 1. The van der Waals surface area contributed by atoms with Crippen molar-refractivity contribution in [2.45, 2.75) is 6.42 Å². The number of aliphatic carboxylic acids is 1. The minimum Gasteiger partial charge on any atom is -0.481 e. The van der Waals surface area contributed by atoms with Crippen LogP contribution in [0.1, 0.15) is 6.42 Å². The van der Waals surface area contributed by atoms with Gasteiger partial charge in [0.25, 0.3) is 0 Å². The van der Waals surface area contributed by atoms with Crippen molar-refractivity contribution < 1.29 is 14.7 Å². The van der Waals surface area contributed by atoms with E-state index in [0.29, 0.717) is 0 Å². The molecule has 0 aromatic carbocycles. The summed E-state index contributed by atoms with van der Waals surface area (Å²) in [6, 6.07) is 0. The molecule has 0 atom stereocenters. The Labute approximate surface area is 75.9 Å². The first-order valence-corrected chi connectivity index (χ1v) is 4.04. The van der Waals surface area contributed by atoms with Crippen LogP contribution in [0.4, 0.5) is 0 Å². The highest BCUT2D eigenvalue weighted by Gasteiger charge is 2.13. The molecule has 1 rings (SSSR count). The molecule has 4 nitrogen and oxygen atoms in total. The van der Waals surface area contributed by atoms with E-state index in [4.69, 9.17) is 5.11 Å². The van der Waals surface area contributed by atoms with Crippen LogP contribution < -0.4 is 5.32 Å². The second kappa shape index (κ2) is 4.45. The molecule has 0 fully saturated rings. The molecule has 13 heavy (non-hydrogen) atoms. The van der Waals surface area contributed by atoms with Gasteiger partial charge in [-0.15, -0.1) is 0 Å². The van der Waals surface area contributed by atoms with E-state index < -0.39 is 5.97 Å². The number of hydrogen-bond acceptors (Lipinski definition) is 2. The van der Waals surface area contributed by atoms with Gasteiger partial charge >= 0.3 is 5.97 Å². The van der Waals surface area contributed by atoms with E-state index in [2.05, 4.69) is 5.32 Å². The summed E-state index contributed by atoms with van der Waals surface area (Å²) in [5.74, 6) is -1.28. The Kier molecular flexibility index (Phi) is 3.25. The number of rotatable bonds is 4. The molecule has 0 aromatic rings. The van der Waals surface area contributed by atoms with E-state index in [1.54, 1.807) is 24.3 Å². The standard InChI is InChI=1S/C9H11NO3/c11-8(12)5-6-10-9(13)7-3-1-2-4-7/h1-4,7H,5-6H2,(H,10,13)(H,11,12). The summed E-state index contributed by atoms with van der Waals surface area (Å²) >= 11 is 0. The van der Waals surface area contributed by atoms with Crippen LogP contribution in [-0.4, -0.2) is 23.5 Å². The zero-order valence-electron chi connectivity index (χ0n) is 7.06. The van der Waals surface area contributed by atoms with Gasteiger partial charge in [0.15, 0.2) is 0 Å². The Balaban J connectivity index is 2.22. The molecule has 0 radical (unpaired) electrons. The Morgan fingerprint density at radius 3 is 2.46 bits per heavy atom. The Morgan fingerprint density at radius 2 is 1.92 bits per heavy atom. The second-order valence-electron chi connectivity index (χ2n) is 2.73. The summed E-state index contributed by atoms with van der Waals surface area (Å²) < 4.78 is 0. The first-order chi connectivity index (χ1) is 6.20. The minimum absolute atomic E-state index is 0.0358. The smallest absolute Gasteiger partial charge is 0.305 e. The average molecular weight is 181 g/mol. The molecule has 4 heteroatoms. The molecule has 1 amide bonds. The monoisotopic (exact) mass is 181 g/mol. The van der Waals surface area contributed by atoms with Crippen LogP contribution in [0.25, 0.3) is 0 Å². The number of carbonyl (C=O) groups is 2. The third kappa shape index (κ3) is 3.11. The number of carboxylic acid groups (broad SMARTS) is 1. The Morgan fingerprint density at radius 1 is 1.31 bits per heavy atom. The van der Waals surface area contributed by atoms with Crippen molar-refractivity contribution in [3.05, 3.63) is 24.3 Å². The fourth-order valence-corrected chi connectivity index (χ4v) is 1.02. The number of carbonyl (C=O) groups excluding carboxylic acids is 1. The van der Waals surface area contributed by atoms with Crippen LogP contribution in [0.2, 0.25) is 0 Å². The summed E-state index contributed by atoms with van der Waals surface area (Å²) in [4.78, 5) is 21.3. The second-order valence-corrected chi connectivity index (χ2v) is 2.73. The molecule has 2 N–H and O–H groups in total. The van der Waals surface area contributed by atoms with Crippen molar-refractivity contribution in [1.29, 1.82) is 0 Å². The lowest BCUT2D eigenvalue weighted by Crippen LogP contribution is -2.30. The highest BCUT2D eigenvalue weighted by atomic mass is 16.4. The minimum atomic E-state index is -0.905. The molecule has 1 aliphatic carbocycles. The van der Waals surface area contributed by atoms with Crippen molar-refractivity contribution >= 4 is 11.9 Å². The summed E-state index contributed by atoms with van der Waals surface area (Å²) in [7, 11) is 0. The molecule has 0 bridgehead atoms. The molecule has 0 saturated heterocycles. The normalized spacial score (nSPS) is 14.8. The maximum Gasteiger partial charge on any atom is 0.305 e. The third-order valence-corrected chi connectivity index (χ3v) is 1.69. The molecule has 0 aromatic heterocycles. The quantitative estimate of drug-likeness (QED) is 0.656. The zero-order valence-corrected chi connectivity index (χ0v) is 7.06. The van der Waals surface area contributed by atoms with Gasteiger partial charge < -0.3 is 10.4 Å². The lowest BCUT2D eigenvalue weighted by Gasteiger charge is -2.05. The van der Waals surface area contributed by atoms with Crippen LogP contribution in [0.3, 0.4) is 0 Å². The SMILES string of the molecule is O=C(O)CCNC(=O)C1C=CC=C1. The van der Waals surface area contributed by atoms with Gasteiger partial charge in [-0.1, -0.05) is 24.3 Å². The molecule has 0 heterocycles. The van der Waals surface area contributed by atoms with Crippen molar-refractivity contribution in [2.24, 2.45) is 5.92 Å². The molecular formula is C9H11NO3. The number of allylic oxidation sites excluding steroid dienone is 2. The van der Waals surface area contributed by atoms with Crippen LogP contribution in [0.15, 0.2) is 24.3 Å². The molecule has 0 unspecified atom stereocenters. The highest BCUT2D eigenvalue weighted by molar-refractivity contribution is 5.83. The van der Waals surface area contributed by atoms with Crippen LogP contribution in [0, 0.1) is 5.92 Å². The Bertz CT molecular complexity index is 256. The maximum atomic E-state index is 11.2. The summed E-state index contributed by atoms with van der Waals surface area (Å²) in [5, 5.41) is 10.8. The summed E-state index contributed by atoms with van der Waals surface area (Å²) in [6.07, 6.45) is 7.07. The zero-order chi connectivity index (χ0) is 9.68. The number of hydrogen-bond donors (Lipinski definition) is 2. The average Bonchev–Trinajstić information content (AvgIpc) is 2.55. The van der Waals surface area contributed by atoms with Gasteiger partial charge in [0.05, 0.1) is 12.3 Å². The van der Waals surface area contributed by atoms with Crippen molar-refractivity contribution in [3.63, 3.8) is 0 Å². The van der Waals surface area contributed by atoms with E-state index in [1.165, 1.54) is 0 Å². The third-order valence-electron chi connectivity index (χ3n) is 1.69. The molecular weight excluding hydrogens is 170 g/mol. The predicted molar refractivity (Wildman–Crippen MR) is 47.0 cm³/mol. The van der Waals surface area contributed by atoms with Gasteiger partial charge in [0.2, 0.25) is 5.91 Å². The van der Waals surface area contributed by atoms with Crippen molar-refractivity contribution in [3.8, 4) is 0 Å². The van der Waals surface area contributed by atoms with Crippen molar-refractivity contribution in [1.82, 2.24) is 5.32 Å². The molecule has 0 aliphatic heterocycles. The maximum absolute atomic E-state index is 11.2. The topological polar surface area (TPSA) is 66.4 Å². The van der Waals surface area contributed by atoms with Crippen LogP contribution >= 0.6 is 0 Å². The van der Waals surface area contributed by atoms with E-state index >= 15 is 0 Å². The largest absolute Gasteiger partial charge is 0.481 e. The van der Waals surface area contributed by atoms with Gasteiger partial charge in [-0.2, -0.15) is 0 Å².